The fourth-order valence-electron chi connectivity index (χ4n) is 3.83. The lowest BCUT2D eigenvalue weighted by molar-refractivity contribution is 0.393. The van der Waals surface area contributed by atoms with Crippen molar-refractivity contribution in [2.45, 2.75) is 39.0 Å². The Morgan fingerprint density at radius 1 is 1.14 bits per heavy atom. The molecule has 1 heterocycles. The predicted molar refractivity (Wildman–Crippen MR) is 115 cm³/mol. The number of halogens is 1. The van der Waals surface area contributed by atoms with Gasteiger partial charge in [-0.05, 0) is 68.5 Å². The van der Waals surface area contributed by atoms with Gasteiger partial charge in [-0.15, -0.1) is 0 Å². The Morgan fingerprint density at radius 2 is 1.89 bits per heavy atom. The molecular formula is C23H22BrN3O. The summed E-state index contributed by atoms with van der Waals surface area (Å²) in [6.45, 7) is 6.02. The van der Waals surface area contributed by atoms with Gasteiger partial charge in [-0.1, -0.05) is 39.3 Å². The van der Waals surface area contributed by atoms with E-state index in [1.165, 1.54) is 5.56 Å². The molecule has 0 unspecified atom stereocenters. The van der Waals surface area contributed by atoms with Crippen molar-refractivity contribution in [1.82, 2.24) is 5.16 Å². The van der Waals surface area contributed by atoms with E-state index in [0.717, 1.165) is 56.8 Å². The highest BCUT2D eigenvalue weighted by Gasteiger charge is 2.46. The van der Waals surface area contributed by atoms with Gasteiger partial charge < -0.3 is 9.42 Å². The lowest BCUT2D eigenvalue weighted by Gasteiger charge is -2.24. The van der Waals surface area contributed by atoms with E-state index in [2.05, 4.69) is 82.4 Å². The van der Waals surface area contributed by atoms with Crippen molar-refractivity contribution in [1.29, 1.82) is 5.26 Å². The number of hydrogen-bond donors (Lipinski definition) is 0. The fourth-order valence-corrected chi connectivity index (χ4v) is 4.57. The zero-order valence-electron chi connectivity index (χ0n) is 16.5. The van der Waals surface area contributed by atoms with Crippen LogP contribution in [0.3, 0.4) is 0 Å². The minimum atomic E-state index is -0.297. The molecule has 0 atom stereocenters. The first kappa shape index (κ1) is 18.8. The van der Waals surface area contributed by atoms with E-state index in [-0.39, 0.29) is 5.41 Å². The molecule has 28 heavy (non-hydrogen) atoms. The Bertz CT molecular complexity index is 1090. The van der Waals surface area contributed by atoms with E-state index < -0.39 is 0 Å². The Kier molecular flexibility index (Phi) is 4.55. The van der Waals surface area contributed by atoms with Crippen LogP contribution in [0.2, 0.25) is 0 Å². The molecule has 1 saturated carbocycles. The van der Waals surface area contributed by atoms with Crippen molar-refractivity contribution < 1.29 is 4.52 Å². The second-order valence-corrected chi connectivity index (χ2v) is 8.47. The van der Waals surface area contributed by atoms with Crippen LogP contribution in [0.25, 0.3) is 11.1 Å². The molecule has 0 saturated heterocycles. The lowest BCUT2D eigenvalue weighted by atomic mass is 9.97. The average molecular weight is 436 g/mol. The van der Waals surface area contributed by atoms with Gasteiger partial charge in [0.1, 0.15) is 5.76 Å². The SMILES string of the molecule is Cc1ccc(-c2c(C)noc2C)cc1N(C)c1ccc(C2(C#N)CC2)c(Br)c1. The van der Waals surface area contributed by atoms with Crippen LogP contribution in [0, 0.1) is 32.1 Å². The molecule has 0 bridgehead atoms. The van der Waals surface area contributed by atoms with Crippen molar-refractivity contribution in [3.8, 4) is 17.2 Å². The van der Waals surface area contributed by atoms with Gasteiger partial charge >= 0.3 is 0 Å². The standard InChI is InChI=1S/C23H22BrN3O/c1-14-5-6-17(22-15(2)26-28-16(22)3)11-21(14)27(4)18-7-8-19(20(24)12-18)23(13-25)9-10-23/h5-8,11-12H,9-10H2,1-4H3. The largest absolute Gasteiger partial charge is 0.361 e. The minimum absolute atomic E-state index is 0.297. The van der Waals surface area contributed by atoms with E-state index >= 15 is 0 Å². The monoisotopic (exact) mass is 435 g/mol. The molecule has 0 amide bonds. The molecule has 2 aromatic carbocycles. The van der Waals surface area contributed by atoms with E-state index in [1.54, 1.807) is 0 Å². The summed E-state index contributed by atoms with van der Waals surface area (Å²) in [5, 5.41) is 13.6. The fraction of sp³-hybridized carbons (Fsp3) is 0.304. The molecule has 0 spiro atoms. The summed E-state index contributed by atoms with van der Waals surface area (Å²) >= 11 is 3.69. The number of aryl methyl sites for hydroxylation is 3. The number of nitriles is 1. The van der Waals surface area contributed by atoms with Crippen molar-refractivity contribution in [3.05, 3.63) is 63.5 Å². The molecule has 4 rings (SSSR count). The van der Waals surface area contributed by atoms with Crippen LogP contribution in [0.5, 0.6) is 0 Å². The van der Waals surface area contributed by atoms with Crippen LogP contribution in [-0.2, 0) is 5.41 Å². The van der Waals surface area contributed by atoms with Crippen molar-refractivity contribution in [3.63, 3.8) is 0 Å². The van der Waals surface area contributed by atoms with E-state index in [9.17, 15) is 5.26 Å². The second kappa shape index (κ2) is 6.79. The molecule has 0 N–H and O–H groups in total. The summed E-state index contributed by atoms with van der Waals surface area (Å²) in [5.74, 6) is 0.827. The molecule has 0 radical (unpaired) electrons. The topological polar surface area (TPSA) is 53.1 Å². The highest BCUT2D eigenvalue weighted by molar-refractivity contribution is 9.10. The molecule has 0 aliphatic heterocycles. The minimum Gasteiger partial charge on any atom is -0.361 e. The van der Waals surface area contributed by atoms with Crippen LogP contribution < -0.4 is 4.90 Å². The van der Waals surface area contributed by atoms with Crippen molar-refractivity contribution in [2.24, 2.45) is 0 Å². The van der Waals surface area contributed by atoms with Gasteiger partial charge in [0.15, 0.2) is 0 Å². The Hall–Kier alpha value is -2.58. The van der Waals surface area contributed by atoms with Gasteiger partial charge in [0.25, 0.3) is 0 Å². The Morgan fingerprint density at radius 3 is 2.46 bits per heavy atom. The maximum atomic E-state index is 9.50. The van der Waals surface area contributed by atoms with Crippen LogP contribution in [0.4, 0.5) is 11.4 Å². The third-order valence-electron chi connectivity index (χ3n) is 5.71. The number of aromatic nitrogens is 1. The molecule has 1 aromatic heterocycles. The summed E-state index contributed by atoms with van der Waals surface area (Å²) in [7, 11) is 2.07. The van der Waals surface area contributed by atoms with Crippen molar-refractivity contribution >= 4 is 27.3 Å². The molecular weight excluding hydrogens is 414 g/mol. The first-order valence-electron chi connectivity index (χ1n) is 9.35. The Balaban J connectivity index is 1.73. The van der Waals surface area contributed by atoms with Crippen LogP contribution in [-0.4, -0.2) is 12.2 Å². The third kappa shape index (κ3) is 3.02. The summed E-state index contributed by atoms with van der Waals surface area (Å²) in [5.41, 5.74) is 7.23. The van der Waals surface area contributed by atoms with Crippen LogP contribution in [0.15, 0.2) is 45.4 Å². The maximum absolute atomic E-state index is 9.50. The molecule has 1 fully saturated rings. The quantitative estimate of drug-likeness (QED) is 0.478. The Labute approximate surface area is 173 Å². The lowest BCUT2D eigenvalue weighted by Crippen LogP contribution is -2.12. The summed E-state index contributed by atoms with van der Waals surface area (Å²) in [4.78, 5) is 2.18. The second-order valence-electron chi connectivity index (χ2n) is 7.62. The van der Waals surface area contributed by atoms with E-state index in [4.69, 9.17) is 4.52 Å². The molecule has 4 nitrogen and oxygen atoms in total. The van der Waals surface area contributed by atoms with Gasteiger partial charge in [0.2, 0.25) is 0 Å². The van der Waals surface area contributed by atoms with Crippen molar-refractivity contribution in [2.75, 3.05) is 11.9 Å². The number of rotatable bonds is 4. The van der Waals surface area contributed by atoms with E-state index in [0.29, 0.717) is 0 Å². The zero-order chi connectivity index (χ0) is 20.1. The molecule has 1 aliphatic carbocycles. The highest BCUT2D eigenvalue weighted by atomic mass is 79.9. The molecule has 1 aliphatic rings. The number of benzene rings is 2. The van der Waals surface area contributed by atoms with Gasteiger partial charge in [-0.25, -0.2) is 0 Å². The normalized spacial score (nSPS) is 14.6. The predicted octanol–water partition coefficient (Wildman–Crippen LogP) is 6.35. The van der Waals surface area contributed by atoms with Gasteiger partial charge in [-0.2, -0.15) is 5.26 Å². The average Bonchev–Trinajstić information content (AvgIpc) is 3.41. The summed E-state index contributed by atoms with van der Waals surface area (Å²) in [6.07, 6.45) is 1.88. The highest BCUT2D eigenvalue weighted by Crippen LogP contribution is 2.50. The smallest absolute Gasteiger partial charge is 0.141 e. The first-order valence-corrected chi connectivity index (χ1v) is 10.1. The number of nitrogens with zero attached hydrogens (tertiary/aromatic N) is 3. The van der Waals surface area contributed by atoms with E-state index in [1.807, 2.05) is 13.8 Å². The van der Waals surface area contributed by atoms with Gasteiger partial charge in [-0.3, -0.25) is 0 Å². The zero-order valence-corrected chi connectivity index (χ0v) is 18.1. The molecule has 3 aromatic rings. The third-order valence-corrected chi connectivity index (χ3v) is 6.37. The van der Waals surface area contributed by atoms with Gasteiger partial charge in [0.05, 0.1) is 17.2 Å². The number of hydrogen-bond acceptors (Lipinski definition) is 4. The number of anilines is 2. The van der Waals surface area contributed by atoms with Crippen LogP contribution >= 0.6 is 15.9 Å². The maximum Gasteiger partial charge on any atom is 0.141 e. The molecule has 142 valence electrons. The summed E-state index contributed by atoms with van der Waals surface area (Å²) < 4.78 is 6.34. The molecule has 5 heteroatoms. The van der Waals surface area contributed by atoms with Gasteiger partial charge in [0, 0.05) is 28.5 Å². The van der Waals surface area contributed by atoms with Crippen LogP contribution in [0.1, 0.15) is 35.4 Å². The summed E-state index contributed by atoms with van der Waals surface area (Å²) in [6, 6.07) is 15.2. The first-order chi connectivity index (χ1) is 13.4.